The van der Waals surface area contributed by atoms with Gasteiger partial charge in [-0.15, -0.1) is 4.19 Å². The van der Waals surface area contributed by atoms with Gasteiger partial charge in [0.1, 0.15) is 21.7 Å². The number of hydroxylamine groups is 1. The van der Waals surface area contributed by atoms with Gasteiger partial charge in [-0.2, -0.15) is 0 Å². The number of quaternary nitrogens is 1. The van der Waals surface area contributed by atoms with Gasteiger partial charge in [0.15, 0.2) is 8.07 Å². The Morgan fingerprint density at radius 3 is 2.80 bits per heavy atom. The van der Waals surface area contributed by atoms with Crippen LogP contribution in [0.5, 0.6) is 0 Å². The van der Waals surface area contributed by atoms with Crippen molar-refractivity contribution >= 4 is 22.8 Å². The summed E-state index contributed by atoms with van der Waals surface area (Å²) in [6.45, 7) is 3.16. The molecular weight excluding hydrogens is 168 g/mol. The smallest absolute Gasteiger partial charge is 0.274 e. The van der Waals surface area contributed by atoms with Gasteiger partial charge < -0.3 is 0 Å². The monoisotopic (exact) mass is 178 g/mol. The molecule has 2 aliphatic heterocycles. The van der Waals surface area contributed by atoms with Crippen LogP contribution in [-0.2, 0) is 9.63 Å². The van der Waals surface area contributed by atoms with Crippen LogP contribution in [0.25, 0.3) is 0 Å². The third-order valence-corrected chi connectivity index (χ3v) is 8.01. The Kier molecular flexibility index (Phi) is 1.49. The first-order valence-corrected chi connectivity index (χ1v) is 6.38. The van der Waals surface area contributed by atoms with E-state index in [-0.39, 0.29) is 14.0 Å². The van der Waals surface area contributed by atoms with Crippen LogP contribution in [0.1, 0.15) is 6.42 Å². The zero-order chi connectivity index (χ0) is 7.19. The van der Waals surface area contributed by atoms with Crippen molar-refractivity contribution in [3.8, 4) is 0 Å². The van der Waals surface area contributed by atoms with Crippen molar-refractivity contribution < 1.29 is 13.8 Å². The van der Waals surface area contributed by atoms with Crippen molar-refractivity contribution in [3.05, 3.63) is 0 Å². The Balaban J connectivity index is 2.11. The molecule has 3 nitrogen and oxygen atoms in total. The van der Waals surface area contributed by atoms with Crippen LogP contribution in [0, 0.1) is 0 Å². The van der Waals surface area contributed by atoms with Crippen LogP contribution in [0.4, 0.5) is 0 Å². The number of nitrogens with zero attached hydrogens (tertiary/aromatic N) is 1. The zero-order valence-electron chi connectivity index (χ0n) is 5.83. The summed E-state index contributed by atoms with van der Waals surface area (Å²) >= 11 is 0. The molecule has 0 aromatic carbocycles. The van der Waals surface area contributed by atoms with Crippen molar-refractivity contribution in [1.82, 2.24) is 0 Å². The molecule has 0 aromatic heterocycles. The standard InChI is InChI=1S/C5H10NO2P2/c1-10-4-9-6(10)3-2-5(7)8-6/h9H,2-4H2,1H3/q+1. The fourth-order valence-corrected chi connectivity index (χ4v) is 5.29. The molecule has 3 unspecified atom stereocenters. The van der Waals surface area contributed by atoms with Gasteiger partial charge in [-0.05, 0) is 0 Å². The van der Waals surface area contributed by atoms with E-state index in [1.165, 1.54) is 5.90 Å². The van der Waals surface area contributed by atoms with E-state index in [1.807, 2.05) is 0 Å². The van der Waals surface area contributed by atoms with Gasteiger partial charge in [0.2, 0.25) is 0 Å². The molecule has 3 atom stereocenters. The van der Waals surface area contributed by atoms with E-state index in [1.54, 1.807) is 0 Å². The van der Waals surface area contributed by atoms with Gasteiger partial charge in [-0.25, -0.2) is 4.79 Å². The summed E-state index contributed by atoms with van der Waals surface area (Å²) in [4.78, 5) is 16.0. The van der Waals surface area contributed by atoms with E-state index in [2.05, 4.69) is 6.66 Å². The molecule has 0 N–H and O–H groups in total. The average Bonchev–Trinajstić information content (AvgIpc) is 2.31. The summed E-state index contributed by atoms with van der Waals surface area (Å²) < 4.78 is 0.716. The summed E-state index contributed by atoms with van der Waals surface area (Å²) in [6, 6.07) is 0. The lowest BCUT2D eigenvalue weighted by molar-refractivity contribution is -0.872. The van der Waals surface area contributed by atoms with E-state index in [0.717, 1.165) is 15.3 Å². The molecule has 2 saturated heterocycles. The minimum absolute atomic E-state index is 0.00144. The minimum atomic E-state index is -0.0229. The molecule has 2 fully saturated rings. The topological polar surface area (TPSA) is 26.3 Å². The summed E-state index contributed by atoms with van der Waals surface area (Å²) in [5.74, 6) is 1.30. The summed E-state index contributed by atoms with van der Waals surface area (Å²) in [7, 11) is 0.812. The number of hydrogen-bond acceptors (Lipinski definition) is 2. The first-order valence-electron chi connectivity index (χ1n) is 3.30. The van der Waals surface area contributed by atoms with E-state index < -0.39 is 0 Å². The van der Waals surface area contributed by atoms with Gasteiger partial charge >= 0.3 is 5.97 Å². The van der Waals surface area contributed by atoms with Crippen molar-refractivity contribution in [3.63, 3.8) is 0 Å². The normalized spacial score (nSPS) is 47.7. The van der Waals surface area contributed by atoms with Gasteiger partial charge in [0, 0.05) is 6.66 Å². The molecular formula is C5H10NO2P2+. The molecule has 0 amide bonds. The lowest BCUT2D eigenvalue weighted by Gasteiger charge is -2.40. The number of carbonyl (C=O) groups is 1. The second-order valence-electron chi connectivity index (χ2n) is 2.61. The molecule has 0 radical (unpaired) electrons. The van der Waals surface area contributed by atoms with Crippen LogP contribution < -0.4 is 0 Å². The summed E-state index contributed by atoms with van der Waals surface area (Å²) in [5.41, 5.74) is 0. The van der Waals surface area contributed by atoms with Crippen molar-refractivity contribution in [2.75, 3.05) is 19.1 Å². The summed E-state index contributed by atoms with van der Waals surface area (Å²) in [6.07, 6.45) is 0.639. The molecule has 2 aliphatic rings. The second kappa shape index (κ2) is 2.14. The molecule has 2 heterocycles. The van der Waals surface area contributed by atoms with E-state index in [0.29, 0.717) is 10.6 Å². The minimum Gasteiger partial charge on any atom is -0.274 e. The fourth-order valence-electron chi connectivity index (χ4n) is 1.22. The maximum absolute atomic E-state index is 10.8. The van der Waals surface area contributed by atoms with Gasteiger partial charge in [0.05, 0.1) is 5.90 Å². The van der Waals surface area contributed by atoms with Crippen molar-refractivity contribution in [2.24, 2.45) is 0 Å². The highest BCUT2D eigenvalue weighted by molar-refractivity contribution is 7.72. The molecule has 0 aromatic rings. The van der Waals surface area contributed by atoms with E-state index >= 15 is 0 Å². The highest BCUT2D eigenvalue weighted by Gasteiger charge is 2.53. The maximum atomic E-state index is 10.8. The number of carbonyl (C=O) groups excluding carboxylic acids is 1. The van der Waals surface area contributed by atoms with Crippen LogP contribution >= 0.6 is 16.8 Å². The molecule has 2 rings (SSSR count). The first-order chi connectivity index (χ1) is 4.73. The molecule has 5 heteroatoms. The SMILES string of the molecule is CP1CP[N+]12CCC(=O)O2. The van der Waals surface area contributed by atoms with Crippen molar-refractivity contribution in [2.45, 2.75) is 6.42 Å². The van der Waals surface area contributed by atoms with Crippen LogP contribution in [0.3, 0.4) is 0 Å². The Hall–Kier alpha value is 0.290. The lowest BCUT2D eigenvalue weighted by atomic mass is 10.5. The van der Waals surface area contributed by atoms with Crippen LogP contribution in [0.2, 0.25) is 0 Å². The summed E-state index contributed by atoms with van der Waals surface area (Å²) in [5, 5.41) is 0. The Labute approximate surface area is 62.9 Å². The van der Waals surface area contributed by atoms with Gasteiger partial charge in [0.25, 0.3) is 0 Å². The molecule has 10 heavy (non-hydrogen) atoms. The molecule has 1 spiro atoms. The van der Waals surface area contributed by atoms with Crippen LogP contribution in [-0.4, -0.2) is 29.3 Å². The van der Waals surface area contributed by atoms with Gasteiger partial charge in [-0.3, -0.25) is 4.84 Å². The lowest BCUT2D eigenvalue weighted by Crippen LogP contribution is -2.36. The second-order valence-corrected chi connectivity index (χ2v) is 7.25. The molecule has 0 bridgehead atoms. The van der Waals surface area contributed by atoms with E-state index in [9.17, 15) is 4.79 Å². The molecule has 0 aliphatic carbocycles. The first kappa shape index (κ1) is 6.97. The highest BCUT2D eigenvalue weighted by Crippen LogP contribution is 2.69. The maximum Gasteiger partial charge on any atom is 0.372 e. The number of rotatable bonds is 0. The van der Waals surface area contributed by atoms with E-state index in [4.69, 9.17) is 4.84 Å². The highest BCUT2D eigenvalue weighted by atomic mass is 31.2. The number of hydrogen-bond donors (Lipinski definition) is 0. The predicted octanol–water partition coefficient (Wildman–Crippen LogP) is 1.26. The molecule has 0 saturated carbocycles. The fraction of sp³-hybridized carbons (Fsp3) is 0.800. The quantitative estimate of drug-likeness (QED) is 0.522. The Bertz CT molecular complexity index is 186. The zero-order valence-corrected chi connectivity index (χ0v) is 7.73. The van der Waals surface area contributed by atoms with Crippen molar-refractivity contribution in [1.29, 1.82) is 0 Å². The average molecular weight is 178 g/mol. The Morgan fingerprint density at radius 1 is 1.80 bits per heavy atom. The third kappa shape index (κ3) is 0.812. The molecule has 56 valence electrons. The van der Waals surface area contributed by atoms with Gasteiger partial charge in [-0.1, -0.05) is 0 Å². The largest absolute Gasteiger partial charge is 0.372 e. The predicted molar refractivity (Wildman–Crippen MR) is 41.9 cm³/mol. The van der Waals surface area contributed by atoms with Crippen LogP contribution in [0.15, 0.2) is 0 Å². The third-order valence-electron chi connectivity index (χ3n) is 1.97. The Morgan fingerprint density at radius 2 is 2.60 bits per heavy atom.